The maximum absolute atomic E-state index is 12.5. The normalized spacial score (nSPS) is 16.1. The summed E-state index contributed by atoms with van der Waals surface area (Å²) in [5, 5.41) is 5.40. The van der Waals surface area contributed by atoms with Gasteiger partial charge in [0.2, 0.25) is 10.0 Å². The Bertz CT molecular complexity index is 926. The predicted molar refractivity (Wildman–Crippen MR) is 110 cm³/mol. The third-order valence-electron chi connectivity index (χ3n) is 4.87. The number of halogens is 1. The number of carbonyl (C=O) groups excluding carboxylic acids is 1. The second-order valence-corrected chi connectivity index (χ2v) is 9.34. The number of rotatable bonds is 7. The van der Waals surface area contributed by atoms with E-state index in [0.717, 1.165) is 18.4 Å². The summed E-state index contributed by atoms with van der Waals surface area (Å²) in [5.41, 5.74) is 1.63. The predicted octanol–water partition coefficient (Wildman–Crippen LogP) is 2.39. The SMILES string of the molecule is C[C@@H]([NH2+]CC(=O)Nc1ccc(S(=O)(=O)N2CCCC2)cc1)c1cccc(Cl)c1. The topological polar surface area (TPSA) is 83.1 Å². The van der Waals surface area contributed by atoms with E-state index in [2.05, 4.69) is 5.32 Å². The largest absolute Gasteiger partial charge is 0.333 e. The molecular weight excluding hydrogens is 398 g/mol. The first-order chi connectivity index (χ1) is 13.4. The van der Waals surface area contributed by atoms with Gasteiger partial charge >= 0.3 is 0 Å². The van der Waals surface area contributed by atoms with Crippen molar-refractivity contribution >= 4 is 33.2 Å². The van der Waals surface area contributed by atoms with Crippen molar-refractivity contribution < 1.29 is 18.5 Å². The molecule has 0 unspecified atom stereocenters. The van der Waals surface area contributed by atoms with Gasteiger partial charge in [-0.2, -0.15) is 4.31 Å². The molecule has 2 aromatic rings. The lowest BCUT2D eigenvalue weighted by molar-refractivity contribution is -0.682. The lowest BCUT2D eigenvalue weighted by Crippen LogP contribution is -2.86. The van der Waals surface area contributed by atoms with Crippen LogP contribution in [0.25, 0.3) is 0 Å². The highest BCUT2D eigenvalue weighted by molar-refractivity contribution is 7.89. The highest BCUT2D eigenvalue weighted by Gasteiger charge is 2.26. The first kappa shape index (κ1) is 20.8. The Morgan fingerprint density at radius 2 is 1.86 bits per heavy atom. The summed E-state index contributed by atoms with van der Waals surface area (Å²) in [6.45, 7) is 3.40. The fourth-order valence-electron chi connectivity index (χ4n) is 3.21. The van der Waals surface area contributed by atoms with Crippen LogP contribution in [0.3, 0.4) is 0 Å². The van der Waals surface area contributed by atoms with Gasteiger partial charge in [-0.25, -0.2) is 8.42 Å². The summed E-state index contributed by atoms with van der Waals surface area (Å²) >= 11 is 6.01. The summed E-state index contributed by atoms with van der Waals surface area (Å²) in [4.78, 5) is 12.5. The number of hydrogen-bond acceptors (Lipinski definition) is 3. The fraction of sp³-hybridized carbons (Fsp3) is 0.350. The van der Waals surface area contributed by atoms with Gasteiger partial charge < -0.3 is 10.6 Å². The summed E-state index contributed by atoms with van der Waals surface area (Å²) in [5.74, 6) is -0.149. The molecule has 0 aromatic heterocycles. The van der Waals surface area contributed by atoms with E-state index < -0.39 is 10.0 Å². The molecule has 3 rings (SSSR count). The molecule has 150 valence electrons. The molecule has 1 aliphatic rings. The molecule has 0 spiro atoms. The third kappa shape index (κ3) is 5.11. The number of amides is 1. The minimum atomic E-state index is -3.44. The molecule has 0 aliphatic carbocycles. The molecule has 6 nitrogen and oxygen atoms in total. The first-order valence-electron chi connectivity index (χ1n) is 9.35. The van der Waals surface area contributed by atoms with Crippen molar-refractivity contribution in [3.63, 3.8) is 0 Å². The van der Waals surface area contributed by atoms with Crippen molar-refractivity contribution in [2.45, 2.75) is 30.7 Å². The number of anilines is 1. The molecule has 1 saturated heterocycles. The fourth-order valence-corrected chi connectivity index (χ4v) is 4.93. The number of hydrogen-bond donors (Lipinski definition) is 2. The highest BCUT2D eigenvalue weighted by atomic mass is 35.5. The van der Waals surface area contributed by atoms with Gasteiger partial charge in [-0.15, -0.1) is 0 Å². The summed E-state index contributed by atoms with van der Waals surface area (Å²) in [6, 6.07) is 14.0. The van der Waals surface area contributed by atoms with Crippen molar-refractivity contribution in [3.8, 4) is 0 Å². The van der Waals surface area contributed by atoms with E-state index in [-0.39, 0.29) is 23.4 Å². The number of benzene rings is 2. The smallest absolute Gasteiger partial charge is 0.279 e. The zero-order chi connectivity index (χ0) is 20.1. The second-order valence-electron chi connectivity index (χ2n) is 6.97. The third-order valence-corrected chi connectivity index (χ3v) is 7.02. The van der Waals surface area contributed by atoms with Crippen LogP contribution in [0.1, 0.15) is 31.4 Å². The molecule has 0 bridgehead atoms. The Kier molecular flexibility index (Phi) is 6.72. The molecule has 1 amide bonds. The lowest BCUT2D eigenvalue weighted by atomic mass is 10.1. The molecule has 3 N–H and O–H groups in total. The second kappa shape index (κ2) is 9.05. The zero-order valence-corrected chi connectivity index (χ0v) is 17.3. The molecule has 1 atom stereocenters. The Balaban J connectivity index is 1.54. The minimum absolute atomic E-state index is 0.0948. The van der Waals surface area contributed by atoms with E-state index in [1.807, 2.05) is 36.5 Å². The number of nitrogens with one attached hydrogen (secondary N) is 1. The van der Waals surface area contributed by atoms with Crippen LogP contribution in [0.5, 0.6) is 0 Å². The van der Waals surface area contributed by atoms with Crippen molar-refractivity contribution in [3.05, 3.63) is 59.1 Å². The number of sulfonamides is 1. The van der Waals surface area contributed by atoms with Gasteiger partial charge in [0.15, 0.2) is 6.54 Å². The maximum atomic E-state index is 12.5. The van der Waals surface area contributed by atoms with Crippen LogP contribution in [0.4, 0.5) is 5.69 Å². The van der Waals surface area contributed by atoms with Crippen molar-refractivity contribution in [2.24, 2.45) is 0 Å². The summed E-state index contributed by atoms with van der Waals surface area (Å²) in [6.07, 6.45) is 1.80. The molecule has 0 saturated carbocycles. The molecule has 2 aromatic carbocycles. The minimum Gasteiger partial charge on any atom is -0.333 e. The van der Waals surface area contributed by atoms with E-state index >= 15 is 0 Å². The maximum Gasteiger partial charge on any atom is 0.279 e. The average Bonchev–Trinajstić information content (AvgIpc) is 3.22. The zero-order valence-electron chi connectivity index (χ0n) is 15.8. The molecule has 28 heavy (non-hydrogen) atoms. The number of nitrogens with two attached hydrogens (primary N) is 1. The van der Waals surface area contributed by atoms with Crippen LogP contribution in [-0.2, 0) is 14.8 Å². The molecule has 0 radical (unpaired) electrons. The van der Waals surface area contributed by atoms with Crippen LogP contribution in [-0.4, -0.2) is 38.3 Å². The van der Waals surface area contributed by atoms with Gasteiger partial charge in [0.1, 0.15) is 6.04 Å². The first-order valence-corrected chi connectivity index (χ1v) is 11.2. The van der Waals surface area contributed by atoms with Gasteiger partial charge in [-0.1, -0.05) is 23.7 Å². The van der Waals surface area contributed by atoms with Gasteiger partial charge in [0, 0.05) is 29.4 Å². The van der Waals surface area contributed by atoms with Crippen LogP contribution in [0.15, 0.2) is 53.4 Å². The van der Waals surface area contributed by atoms with Gasteiger partial charge in [-0.3, -0.25) is 4.79 Å². The van der Waals surface area contributed by atoms with E-state index in [1.54, 1.807) is 24.3 Å². The van der Waals surface area contributed by atoms with Crippen LogP contribution in [0, 0.1) is 0 Å². The standard InChI is InChI=1S/C20H24ClN3O3S/c1-15(16-5-4-6-17(21)13-16)22-14-20(25)23-18-7-9-19(10-8-18)28(26,27)24-11-2-3-12-24/h4-10,13,15,22H,2-3,11-12,14H2,1H3,(H,23,25)/p+1/t15-/m1/s1. The van der Waals surface area contributed by atoms with E-state index in [4.69, 9.17) is 11.6 Å². The molecule has 1 aliphatic heterocycles. The lowest BCUT2D eigenvalue weighted by Gasteiger charge is -2.15. The van der Waals surface area contributed by atoms with Gasteiger partial charge in [-0.05, 0) is 56.2 Å². The number of carbonyl (C=O) groups is 1. The molecular formula is C20H25ClN3O3S+. The molecule has 8 heteroatoms. The molecule has 1 heterocycles. The Morgan fingerprint density at radius 1 is 1.18 bits per heavy atom. The van der Waals surface area contributed by atoms with Crippen LogP contribution < -0.4 is 10.6 Å². The monoisotopic (exact) mass is 422 g/mol. The molecule has 1 fully saturated rings. The van der Waals surface area contributed by atoms with Crippen LogP contribution in [0.2, 0.25) is 5.02 Å². The Labute approximate surface area is 170 Å². The van der Waals surface area contributed by atoms with Crippen molar-refractivity contribution in [1.29, 1.82) is 0 Å². The quantitative estimate of drug-likeness (QED) is 0.718. The highest BCUT2D eigenvalue weighted by Crippen LogP contribution is 2.22. The Hall–Kier alpha value is -1.93. The number of nitrogens with zero attached hydrogens (tertiary/aromatic N) is 1. The van der Waals surface area contributed by atoms with Gasteiger partial charge in [0.25, 0.3) is 5.91 Å². The van der Waals surface area contributed by atoms with E-state index in [0.29, 0.717) is 23.8 Å². The summed E-state index contributed by atoms with van der Waals surface area (Å²) in [7, 11) is -3.44. The van der Waals surface area contributed by atoms with E-state index in [1.165, 1.54) is 4.31 Å². The summed E-state index contributed by atoms with van der Waals surface area (Å²) < 4.78 is 26.6. The van der Waals surface area contributed by atoms with Crippen molar-refractivity contribution in [2.75, 3.05) is 25.0 Å². The van der Waals surface area contributed by atoms with E-state index in [9.17, 15) is 13.2 Å². The Morgan fingerprint density at radius 3 is 2.50 bits per heavy atom. The van der Waals surface area contributed by atoms with Crippen LogP contribution >= 0.6 is 11.6 Å². The van der Waals surface area contributed by atoms with Crippen molar-refractivity contribution in [1.82, 2.24) is 4.31 Å². The average molecular weight is 423 g/mol. The van der Waals surface area contributed by atoms with Gasteiger partial charge in [0.05, 0.1) is 4.90 Å². The number of quaternary nitrogens is 1.